The Morgan fingerprint density at radius 2 is 0.917 bits per heavy atom. The Hall–Kier alpha value is 0.410. The molecule has 0 saturated carbocycles. The molecule has 0 rings (SSSR count). The molecular weight excluding hydrogens is 190 g/mol. The van der Waals surface area contributed by atoms with E-state index in [1.807, 2.05) is 0 Å². The Bertz CT molecular complexity index is 140. The molecule has 0 aromatic heterocycles. The molecule has 0 aliphatic heterocycles. The van der Waals surface area contributed by atoms with Gasteiger partial charge < -0.3 is 15.3 Å². The summed E-state index contributed by atoms with van der Waals surface area (Å²) in [6.07, 6.45) is 0. The van der Waals surface area contributed by atoms with Crippen LogP contribution < -0.4 is 0 Å². The Morgan fingerprint density at radius 1 is 0.833 bits per heavy atom. The monoisotopic (exact) mass is 198 g/mol. The second-order valence-electron chi connectivity index (χ2n) is 1.13. The molecule has 0 radical (unpaired) electrons. The van der Waals surface area contributed by atoms with E-state index >= 15 is 0 Å². The molecule has 12 heavy (non-hydrogen) atoms. The molecule has 3 N–H and O–H groups in total. The molecule has 62 valence electrons. The SMILES string of the molecule is CC(=O)O.O=C(O)C(=O)O.[NaH].[NaH]. The molecule has 0 saturated heterocycles. The van der Waals surface area contributed by atoms with Gasteiger partial charge in [-0.2, -0.15) is 0 Å². The van der Waals surface area contributed by atoms with Gasteiger partial charge in [0.2, 0.25) is 0 Å². The molecule has 0 aliphatic carbocycles. The van der Waals surface area contributed by atoms with Crippen LogP contribution >= 0.6 is 0 Å². The van der Waals surface area contributed by atoms with Crippen LogP contribution in [-0.4, -0.2) is 92.3 Å². The zero-order valence-corrected chi connectivity index (χ0v) is 5.07. The third-order valence-electron chi connectivity index (χ3n) is 0.183. The number of carboxylic acids is 3. The van der Waals surface area contributed by atoms with Crippen molar-refractivity contribution in [2.45, 2.75) is 6.92 Å². The van der Waals surface area contributed by atoms with Crippen molar-refractivity contribution >= 4 is 77.0 Å². The molecule has 0 heterocycles. The molecule has 0 spiro atoms. The molecule has 6 nitrogen and oxygen atoms in total. The van der Waals surface area contributed by atoms with Gasteiger partial charge in [0.05, 0.1) is 0 Å². The van der Waals surface area contributed by atoms with Crippen molar-refractivity contribution in [3.8, 4) is 0 Å². The Balaban J connectivity index is -0.0000000483. The molecular formula is C4H8Na2O6. The second-order valence-corrected chi connectivity index (χ2v) is 1.13. The van der Waals surface area contributed by atoms with Crippen molar-refractivity contribution in [2.75, 3.05) is 0 Å². The van der Waals surface area contributed by atoms with Crippen LogP contribution in [0.4, 0.5) is 0 Å². The summed E-state index contributed by atoms with van der Waals surface area (Å²) in [7, 11) is 0. The van der Waals surface area contributed by atoms with Crippen molar-refractivity contribution in [3.63, 3.8) is 0 Å². The van der Waals surface area contributed by atoms with Gasteiger partial charge in [-0.25, -0.2) is 9.59 Å². The van der Waals surface area contributed by atoms with Gasteiger partial charge in [0.15, 0.2) is 0 Å². The fourth-order valence-electron chi connectivity index (χ4n) is 0. The molecule has 0 atom stereocenters. The Labute approximate surface area is 113 Å². The third kappa shape index (κ3) is 47.4. The summed E-state index contributed by atoms with van der Waals surface area (Å²) in [5.41, 5.74) is 0. The molecule has 0 amide bonds. The Kier molecular flexibility index (Phi) is 26.6. The number of aliphatic carboxylic acids is 3. The fraction of sp³-hybridized carbons (Fsp3) is 0.250. The topological polar surface area (TPSA) is 112 Å². The van der Waals surface area contributed by atoms with Crippen LogP contribution in [-0.2, 0) is 14.4 Å². The molecule has 0 aromatic carbocycles. The summed E-state index contributed by atoms with van der Waals surface area (Å²) in [6, 6.07) is 0. The average Bonchev–Trinajstić information content (AvgIpc) is 1.63. The van der Waals surface area contributed by atoms with Gasteiger partial charge in [0.1, 0.15) is 0 Å². The number of carboxylic acid groups (broad SMARTS) is 3. The van der Waals surface area contributed by atoms with E-state index < -0.39 is 17.9 Å². The van der Waals surface area contributed by atoms with E-state index in [9.17, 15) is 0 Å². The fourth-order valence-corrected chi connectivity index (χ4v) is 0. The number of rotatable bonds is 0. The summed E-state index contributed by atoms with van der Waals surface area (Å²) in [6.45, 7) is 1.08. The predicted molar refractivity (Wildman–Crippen MR) is 42.9 cm³/mol. The molecule has 0 fully saturated rings. The van der Waals surface area contributed by atoms with E-state index in [1.165, 1.54) is 0 Å². The van der Waals surface area contributed by atoms with E-state index in [0.717, 1.165) is 6.92 Å². The third-order valence-corrected chi connectivity index (χ3v) is 0.183. The minimum absolute atomic E-state index is 0. The number of hydrogen-bond donors (Lipinski definition) is 3. The van der Waals surface area contributed by atoms with Crippen LogP contribution in [0.5, 0.6) is 0 Å². The minimum atomic E-state index is -1.82. The van der Waals surface area contributed by atoms with Crippen LogP contribution in [0, 0.1) is 0 Å². The maximum absolute atomic E-state index is 9.10. The van der Waals surface area contributed by atoms with Crippen LogP contribution in [0.15, 0.2) is 0 Å². The van der Waals surface area contributed by atoms with Gasteiger partial charge in [-0.05, 0) is 0 Å². The van der Waals surface area contributed by atoms with E-state index in [-0.39, 0.29) is 59.1 Å². The van der Waals surface area contributed by atoms with Crippen molar-refractivity contribution in [2.24, 2.45) is 0 Å². The number of carbonyl (C=O) groups is 3. The molecule has 0 bridgehead atoms. The normalized spacial score (nSPS) is 5.75. The summed E-state index contributed by atoms with van der Waals surface area (Å²) >= 11 is 0. The van der Waals surface area contributed by atoms with Gasteiger partial charge in [-0.15, -0.1) is 0 Å². The molecule has 0 unspecified atom stereocenters. The number of hydrogen-bond acceptors (Lipinski definition) is 3. The van der Waals surface area contributed by atoms with Crippen LogP contribution in [0.25, 0.3) is 0 Å². The summed E-state index contributed by atoms with van der Waals surface area (Å²) in [5, 5.41) is 22.2. The standard InChI is InChI=1S/C2H2O4.C2H4O2.2Na.2H/c3-1(4)2(5)6;1-2(3)4;;;;/h(H,3,4)(H,5,6);1H3,(H,3,4);;;;. The first-order chi connectivity index (χ1) is 4.37. The van der Waals surface area contributed by atoms with E-state index in [2.05, 4.69) is 0 Å². The van der Waals surface area contributed by atoms with Crippen molar-refractivity contribution in [1.82, 2.24) is 0 Å². The molecule has 8 heteroatoms. The first-order valence-corrected chi connectivity index (χ1v) is 2.03. The van der Waals surface area contributed by atoms with Gasteiger partial charge in [0, 0.05) is 6.92 Å². The van der Waals surface area contributed by atoms with Crippen LogP contribution in [0.1, 0.15) is 6.92 Å². The van der Waals surface area contributed by atoms with E-state index in [0.29, 0.717) is 0 Å². The van der Waals surface area contributed by atoms with Crippen molar-refractivity contribution in [3.05, 3.63) is 0 Å². The van der Waals surface area contributed by atoms with E-state index in [1.54, 1.807) is 0 Å². The zero-order chi connectivity index (χ0) is 8.73. The Morgan fingerprint density at radius 3 is 0.917 bits per heavy atom. The van der Waals surface area contributed by atoms with Gasteiger partial charge in [-0.3, -0.25) is 4.79 Å². The maximum atomic E-state index is 9.10. The molecule has 0 aromatic rings. The zero-order valence-electron chi connectivity index (χ0n) is 5.07. The van der Waals surface area contributed by atoms with Gasteiger partial charge >= 0.3 is 71.1 Å². The molecule has 0 aliphatic rings. The van der Waals surface area contributed by atoms with Crippen molar-refractivity contribution < 1.29 is 29.7 Å². The summed E-state index contributed by atoms with van der Waals surface area (Å²) in [5.74, 6) is -4.48. The summed E-state index contributed by atoms with van der Waals surface area (Å²) < 4.78 is 0. The first kappa shape index (κ1) is 22.8. The quantitative estimate of drug-likeness (QED) is 0.305. The van der Waals surface area contributed by atoms with Gasteiger partial charge in [-0.1, -0.05) is 0 Å². The summed E-state index contributed by atoms with van der Waals surface area (Å²) in [4.78, 5) is 27.2. The second kappa shape index (κ2) is 14.0. The first-order valence-electron chi connectivity index (χ1n) is 2.03. The average molecular weight is 198 g/mol. The van der Waals surface area contributed by atoms with Gasteiger partial charge in [0.25, 0.3) is 5.97 Å². The van der Waals surface area contributed by atoms with Crippen molar-refractivity contribution in [1.29, 1.82) is 0 Å². The van der Waals surface area contributed by atoms with Crippen LogP contribution in [0.2, 0.25) is 0 Å². The van der Waals surface area contributed by atoms with E-state index in [4.69, 9.17) is 29.7 Å². The predicted octanol–water partition coefficient (Wildman–Crippen LogP) is -2.05. The van der Waals surface area contributed by atoms with Crippen LogP contribution in [0.3, 0.4) is 0 Å².